The minimum atomic E-state index is -1.21. The van der Waals surface area contributed by atoms with E-state index in [-0.39, 0.29) is 23.5 Å². The number of aryl methyl sites for hydroxylation is 1. The van der Waals surface area contributed by atoms with Crippen molar-refractivity contribution in [2.24, 2.45) is 7.05 Å². The molecule has 0 fully saturated rings. The third kappa shape index (κ3) is 5.12. The standard InChI is InChI=1S/C23H22FN3O6/c1-27-10-9-17(28)20(21(27)29)26-23(32)25-12-16(22(30)31)14-6-3-5-13(11-14)15-7-4-8-18(33-2)19(15)24/h3-11,16,28H,12H2,1-2H3,(H,30,31)(H2,25,26,32). The maximum atomic E-state index is 14.7. The van der Waals surface area contributed by atoms with Gasteiger partial charge in [0.1, 0.15) is 5.75 Å². The number of carboxylic acid groups (broad SMARTS) is 1. The van der Waals surface area contributed by atoms with Gasteiger partial charge in [0.2, 0.25) is 0 Å². The molecule has 3 rings (SSSR count). The summed E-state index contributed by atoms with van der Waals surface area (Å²) in [6.45, 7) is -0.320. The van der Waals surface area contributed by atoms with Gasteiger partial charge in [-0.2, -0.15) is 0 Å². The number of carbonyl (C=O) groups is 2. The molecule has 33 heavy (non-hydrogen) atoms. The number of aliphatic carboxylic acids is 1. The normalized spacial score (nSPS) is 11.5. The highest BCUT2D eigenvalue weighted by Gasteiger charge is 2.22. The molecule has 1 aromatic heterocycles. The van der Waals surface area contributed by atoms with E-state index in [1.807, 2.05) is 0 Å². The fraction of sp³-hybridized carbons (Fsp3) is 0.174. The number of carbonyl (C=O) groups excluding carboxylic acids is 1. The predicted octanol–water partition coefficient (Wildman–Crippen LogP) is 2.90. The maximum absolute atomic E-state index is 14.7. The Morgan fingerprint density at radius 3 is 2.61 bits per heavy atom. The van der Waals surface area contributed by atoms with Gasteiger partial charge < -0.3 is 30.2 Å². The summed E-state index contributed by atoms with van der Waals surface area (Å²) in [5.74, 6) is -3.31. The van der Waals surface area contributed by atoms with Crippen molar-refractivity contribution in [3.8, 4) is 22.6 Å². The van der Waals surface area contributed by atoms with Crippen molar-refractivity contribution in [3.05, 3.63) is 76.5 Å². The van der Waals surface area contributed by atoms with Crippen molar-refractivity contribution < 1.29 is 28.9 Å². The summed E-state index contributed by atoms with van der Waals surface area (Å²) in [5.41, 5.74) is 0.0487. The number of halogens is 1. The highest BCUT2D eigenvalue weighted by Crippen LogP contribution is 2.31. The van der Waals surface area contributed by atoms with Crippen LogP contribution in [0.3, 0.4) is 0 Å². The number of pyridine rings is 1. The minimum absolute atomic E-state index is 0.0568. The van der Waals surface area contributed by atoms with E-state index in [4.69, 9.17) is 4.74 Å². The fourth-order valence-corrected chi connectivity index (χ4v) is 3.25. The highest BCUT2D eigenvalue weighted by atomic mass is 19.1. The van der Waals surface area contributed by atoms with E-state index in [2.05, 4.69) is 10.6 Å². The van der Waals surface area contributed by atoms with E-state index in [0.717, 1.165) is 0 Å². The number of amides is 2. The summed E-state index contributed by atoms with van der Waals surface area (Å²) < 4.78 is 20.8. The largest absolute Gasteiger partial charge is 0.505 e. The fourth-order valence-electron chi connectivity index (χ4n) is 3.25. The zero-order valence-electron chi connectivity index (χ0n) is 17.8. The molecule has 0 bridgehead atoms. The third-order valence-corrected chi connectivity index (χ3v) is 5.03. The molecule has 0 saturated heterocycles. The summed E-state index contributed by atoms with van der Waals surface area (Å²) in [5, 5.41) is 24.1. The zero-order valence-corrected chi connectivity index (χ0v) is 17.8. The van der Waals surface area contributed by atoms with E-state index in [1.54, 1.807) is 30.3 Å². The first-order valence-corrected chi connectivity index (χ1v) is 9.82. The van der Waals surface area contributed by atoms with Crippen LogP contribution in [0.25, 0.3) is 11.1 Å². The van der Waals surface area contributed by atoms with Gasteiger partial charge >= 0.3 is 12.0 Å². The summed E-state index contributed by atoms with van der Waals surface area (Å²) in [6, 6.07) is 11.3. The van der Waals surface area contributed by atoms with Gasteiger partial charge in [0.15, 0.2) is 17.3 Å². The minimum Gasteiger partial charge on any atom is -0.505 e. The number of methoxy groups -OCH3 is 1. The molecule has 4 N–H and O–H groups in total. The molecule has 0 aliphatic heterocycles. The molecule has 0 radical (unpaired) electrons. The van der Waals surface area contributed by atoms with Gasteiger partial charge in [-0.15, -0.1) is 0 Å². The summed E-state index contributed by atoms with van der Waals surface area (Å²) in [6.07, 6.45) is 1.33. The van der Waals surface area contributed by atoms with Gasteiger partial charge in [0.05, 0.1) is 13.0 Å². The number of urea groups is 1. The zero-order chi connectivity index (χ0) is 24.1. The van der Waals surface area contributed by atoms with Crippen molar-refractivity contribution >= 4 is 17.7 Å². The lowest BCUT2D eigenvalue weighted by atomic mass is 9.94. The topological polar surface area (TPSA) is 130 Å². The van der Waals surface area contributed by atoms with E-state index in [0.29, 0.717) is 11.1 Å². The van der Waals surface area contributed by atoms with Gasteiger partial charge in [-0.05, 0) is 23.3 Å². The first kappa shape index (κ1) is 23.3. The van der Waals surface area contributed by atoms with Crippen LogP contribution in [-0.4, -0.2) is 40.4 Å². The highest BCUT2D eigenvalue weighted by molar-refractivity contribution is 5.91. The predicted molar refractivity (Wildman–Crippen MR) is 119 cm³/mol. The summed E-state index contributed by atoms with van der Waals surface area (Å²) in [4.78, 5) is 36.2. The first-order valence-electron chi connectivity index (χ1n) is 9.82. The molecule has 0 aliphatic rings. The number of hydrogen-bond acceptors (Lipinski definition) is 5. The number of nitrogens with zero attached hydrogens (tertiary/aromatic N) is 1. The Morgan fingerprint density at radius 2 is 1.91 bits per heavy atom. The number of ether oxygens (including phenoxy) is 1. The van der Waals surface area contributed by atoms with E-state index < -0.39 is 35.0 Å². The smallest absolute Gasteiger partial charge is 0.319 e. The van der Waals surface area contributed by atoms with Gasteiger partial charge in [-0.3, -0.25) is 9.59 Å². The number of benzene rings is 2. The Hall–Kier alpha value is -4.34. The SMILES string of the molecule is COc1cccc(-c2cccc(C(CNC(=O)Nc3c(O)ccn(C)c3=O)C(=O)O)c2)c1F. The maximum Gasteiger partial charge on any atom is 0.319 e. The second-order valence-corrected chi connectivity index (χ2v) is 7.17. The molecule has 0 saturated carbocycles. The number of rotatable bonds is 7. The molecular formula is C23H22FN3O6. The molecule has 172 valence electrons. The molecule has 10 heteroatoms. The second kappa shape index (κ2) is 9.86. The molecule has 3 aromatic rings. The molecular weight excluding hydrogens is 433 g/mol. The van der Waals surface area contributed by atoms with Crippen LogP contribution in [0.1, 0.15) is 11.5 Å². The molecule has 0 aliphatic carbocycles. The average Bonchev–Trinajstić information content (AvgIpc) is 2.79. The Labute approximate surface area is 188 Å². The van der Waals surface area contributed by atoms with E-state index >= 15 is 0 Å². The monoisotopic (exact) mass is 455 g/mol. The van der Waals surface area contributed by atoms with Crippen LogP contribution in [0.5, 0.6) is 11.5 Å². The van der Waals surface area contributed by atoms with Gasteiger partial charge in [0.25, 0.3) is 5.56 Å². The quantitative estimate of drug-likeness (QED) is 0.434. The van der Waals surface area contributed by atoms with E-state index in [9.17, 15) is 29.0 Å². The molecule has 2 aromatic carbocycles. The van der Waals surface area contributed by atoms with Crippen LogP contribution in [0.15, 0.2) is 59.5 Å². The Morgan fingerprint density at radius 1 is 1.18 bits per heavy atom. The van der Waals surface area contributed by atoms with Crippen molar-refractivity contribution in [2.75, 3.05) is 19.0 Å². The van der Waals surface area contributed by atoms with Crippen LogP contribution >= 0.6 is 0 Å². The number of hydrogen-bond donors (Lipinski definition) is 4. The molecule has 1 atom stereocenters. The average molecular weight is 455 g/mol. The van der Waals surface area contributed by atoms with Crippen LogP contribution in [-0.2, 0) is 11.8 Å². The third-order valence-electron chi connectivity index (χ3n) is 5.03. The van der Waals surface area contributed by atoms with Crippen LogP contribution in [0.4, 0.5) is 14.9 Å². The van der Waals surface area contributed by atoms with Crippen molar-refractivity contribution in [1.82, 2.24) is 9.88 Å². The van der Waals surface area contributed by atoms with Crippen LogP contribution in [0.2, 0.25) is 0 Å². The Bertz CT molecular complexity index is 1260. The van der Waals surface area contributed by atoms with Crippen molar-refractivity contribution in [3.63, 3.8) is 0 Å². The first-order chi connectivity index (χ1) is 15.7. The van der Waals surface area contributed by atoms with Gasteiger partial charge in [-0.25, -0.2) is 9.18 Å². The second-order valence-electron chi connectivity index (χ2n) is 7.17. The van der Waals surface area contributed by atoms with Gasteiger partial charge in [0, 0.05) is 25.4 Å². The number of anilines is 1. The summed E-state index contributed by atoms with van der Waals surface area (Å²) in [7, 11) is 2.80. The number of nitrogens with one attached hydrogen (secondary N) is 2. The lowest BCUT2D eigenvalue weighted by Crippen LogP contribution is -2.36. The number of aromatic hydroxyl groups is 1. The molecule has 2 amide bonds. The molecule has 9 nitrogen and oxygen atoms in total. The molecule has 1 heterocycles. The number of carboxylic acids is 1. The van der Waals surface area contributed by atoms with Gasteiger partial charge in [-0.1, -0.05) is 36.4 Å². The molecule has 1 unspecified atom stereocenters. The lowest BCUT2D eigenvalue weighted by molar-refractivity contribution is -0.138. The van der Waals surface area contributed by atoms with Crippen molar-refractivity contribution in [1.29, 1.82) is 0 Å². The Balaban J connectivity index is 1.80. The van der Waals surface area contributed by atoms with Crippen LogP contribution < -0.4 is 20.9 Å². The van der Waals surface area contributed by atoms with Crippen LogP contribution in [0, 0.1) is 5.82 Å². The lowest BCUT2D eigenvalue weighted by Gasteiger charge is -2.16. The summed E-state index contributed by atoms with van der Waals surface area (Å²) >= 11 is 0. The molecule has 0 spiro atoms. The Kier molecular flexibility index (Phi) is 6.97. The van der Waals surface area contributed by atoms with Crippen molar-refractivity contribution in [2.45, 2.75) is 5.92 Å². The van der Waals surface area contributed by atoms with E-state index in [1.165, 1.54) is 43.1 Å². The number of aromatic nitrogens is 1.